The topological polar surface area (TPSA) is 120 Å². The van der Waals surface area contributed by atoms with Gasteiger partial charge in [-0.1, -0.05) is 17.8 Å². The molecule has 3 rings (SSSR count). The second-order valence-electron chi connectivity index (χ2n) is 5.42. The van der Waals surface area contributed by atoms with Crippen molar-refractivity contribution in [3.05, 3.63) is 29.3 Å². The van der Waals surface area contributed by atoms with Crippen LogP contribution in [0.4, 0.5) is 17.6 Å². The largest absolute Gasteiger partial charge is 0.368 e. The smallest absolute Gasteiger partial charge is 0.237 e. The predicted molar refractivity (Wildman–Crippen MR) is 91.1 cm³/mol. The fraction of sp³-hybridized carbons (Fsp3) is 0.333. The number of benzene rings is 1. The van der Waals surface area contributed by atoms with Gasteiger partial charge in [0.2, 0.25) is 17.8 Å². The van der Waals surface area contributed by atoms with Crippen molar-refractivity contribution < 1.29 is 4.79 Å². The van der Waals surface area contributed by atoms with Crippen LogP contribution in [0.25, 0.3) is 0 Å². The van der Waals surface area contributed by atoms with Crippen molar-refractivity contribution in [3.8, 4) is 0 Å². The van der Waals surface area contributed by atoms with Crippen molar-refractivity contribution in [1.29, 1.82) is 0 Å². The molecule has 1 atom stereocenters. The van der Waals surface area contributed by atoms with E-state index in [0.29, 0.717) is 5.16 Å². The lowest BCUT2D eigenvalue weighted by atomic mass is 10.1. The number of nitrogens with zero attached hydrogens (tertiary/aromatic N) is 3. The zero-order valence-corrected chi connectivity index (χ0v) is 13.6. The SMILES string of the molecule is C[C@H](Sc1nc(N)nc(N)n1)C(=O)Nc1ccc2c(c1)CCC2. The monoisotopic (exact) mass is 330 g/mol. The molecule has 0 radical (unpaired) electrons. The highest BCUT2D eigenvalue weighted by Crippen LogP contribution is 2.26. The van der Waals surface area contributed by atoms with E-state index in [0.717, 1.165) is 18.5 Å². The van der Waals surface area contributed by atoms with Crippen LogP contribution in [-0.4, -0.2) is 26.1 Å². The van der Waals surface area contributed by atoms with Gasteiger partial charge in [-0.3, -0.25) is 4.79 Å². The minimum absolute atomic E-state index is 0.0474. The molecule has 0 saturated carbocycles. The summed E-state index contributed by atoms with van der Waals surface area (Å²) < 4.78 is 0. The van der Waals surface area contributed by atoms with Gasteiger partial charge in [-0.05, 0) is 49.4 Å². The number of nitrogen functional groups attached to an aromatic ring is 2. The third kappa shape index (κ3) is 3.70. The van der Waals surface area contributed by atoms with Crippen molar-refractivity contribution in [2.45, 2.75) is 36.6 Å². The standard InChI is InChI=1S/C15H18N6OS/c1-8(23-15-20-13(16)19-14(17)21-15)12(22)18-11-6-5-9-3-2-4-10(9)7-11/h5-8H,2-4H2,1H3,(H,18,22)(H4,16,17,19,20,21)/t8-/m0/s1. The van der Waals surface area contributed by atoms with Gasteiger partial charge in [0.25, 0.3) is 0 Å². The zero-order chi connectivity index (χ0) is 16.4. The summed E-state index contributed by atoms with van der Waals surface area (Å²) >= 11 is 1.19. The molecule has 120 valence electrons. The van der Waals surface area contributed by atoms with Crippen LogP contribution in [0.1, 0.15) is 24.5 Å². The Morgan fingerprint density at radius 2 is 1.87 bits per heavy atom. The van der Waals surface area contributed by atoms with Crippen LogP contribution in [0.5, 0.6) is 0 Å². The molecule has 2 aromatic rings. The van der Waals surface area contributed by atoms with Crippen molar-refractivity contribution in [3.63, 3.8) is 0 Å². The van der Waals surface area contributed by atoms with E-state index in [9.17, 15) is 4.79 Å². The highest BCUT2D eigenvalue weighted by molar-refractivity contribution is 8.00. The third-order valence-corrected chi connectivity index (χ3v) is 4.63. The fourth-order valence-electron chi connectivity index (χ4n) is 2.55. The maximum absolute atomic E-state index is 12.3. The molecule has 0 unspecified atom stereocenters. The van der Waals surface area contributed by atoms with Gasteiger partial charge in [0, 0.05) is 5.69 Å². The Bertz CT molecular complexity index is 730. The molecule has 1 aliphatic rings. The number of hydrogen-bond donors (Lipinski definition) is 3. The summed E-state index contributed by atoms with van der Waals surface area (Å²) in [6, 6.07) is 6.08. The van der Waals surface area contributed by atoms with Gasteiger partial charge in [-0.25, -0.2) is 0 Å². The number of amides is 1. The first kappa shape index (κ1) is 15.5. The van der Waals surface area contributed by atoms with Gasteiger partial charge in [0.1, 0.15) is 0 Å². The van der Waals surface area contributed by atoms with Gasteiger partial charge < -0.3 is 16.8 Å². The summed E-state index contributed by atoms with van der Waals surface area (Å²) in [6.07, 6.45) is 3.38. The second kappa shape index (κ2) is 6.41. The van der Waals surface area contributed by atoms with Gasteiger partial charge in [-0.2, -0.15) is 15.0 Å². The Balaban J connectivity index is 1.65. The van der Waals surface area contributed by atoms with Crippen LogP contribution in [0, 0.1) is 0 Å². The molecule has 5 N–H and O–H groups in total. The summed E-state index contributed by atoms with van der Waals surface area (Å²) in [5.41, 5.74) is 14.6. The first-order valence-corrected chi connectivity index (χ1v) is 8.25. The Morgan fingerprint density at radius 3 is 2.61 bits per heavy atom. The summed E-state index contributed by atoms with van der Waals surface area (Å²) in [5.74, 6) is -0.0250. The van der Waals surface area contributed by atoms with E-state index >= 15 is 0 Å². The number of hydrogen-bond acceptors (Lipinski definition) is 7. The summed E-state index contributed by atoms with van der Waals surface area (Å²) in [7, 11) is 0. The molecule has 8 heteroatoms. The Kier molecular flexibility index (Phi) is 4.33. The zero-order valence-electron chi connectivity index (χ0n) is 12.7. The lowest BCUT2D eigenvalue weighted by Gasteiger charge is -2.12. The van der Waals surface area contributed by atoms with Gasteiger partial charge >= 0.3 is 0 Å². The van der Waals surface area contributed by atoms with E-state index in [2.05, 4.69) is 32.4 Å². The van der Waals surface area contributed by atoms with E-state index in [1.807, 2.05) is 6.07 Å². The second-order valence-corrected chi connectivity index (χ2v) is 6.73. The number of carbonyl (C=O) groups excluding carboxylic acids is 1. The van der Waals surface area contributed by atoms with Gasteiger partial charge in [-0.15, -0.1) is 0 Å². The molecule has 1 aromatic heterocycles. The van der Waals surface area contributed by atoms with Crippen LogP contribution in [0.2, 0.25) is 0 Å². The first-order chi connectivity index (χ1) is 11.0. The van der Waals surface area contributed by atoms with Crippen LogP contribution >= 0.6 is 11.8 Å². The molecule has 0 fully saturated rings. The van der Waals surface area contributed by atoms with Crippen molar-refractivity contribution in [2.75, 3.05) is 16.8 Å². The molecule has 0 bridgehead atoms. The van der Waals surface area contributed by atoms with Crippen LogP contribution in [0.15, 0.2) is 23.4 Å². The lowest BCUT2D eigenvalue weighted by molar-refractivity contribution is -0.115. The van der Waals surface area contributed by atoms with Gasteiger partial charge in [0.15, 0.2) is 5.16 Å². The highest BCUT2D eigenvalue weighted by atomic mass is 32.2. The Hall–Kier alpha value is -2.35. The molecule has 7 nitrogen and oxygen atoms in total. The molecular weight excluding hydrogens is 312 g/mol. The minimum Gasteiger partial charge on any atom is -0.368 e. The fourth-order valence-corrected chi connectivity index (χ4v) is 3.32. The molecule has 1 amide bonds. The summed E-state index contributed by atoms with van der Waals surface area (Å²) in [6.45, 7) is 1.78. The molecule has 1 aromatic carbocycles. The van der Waals surface area contributed by atoms with E-state index in [4.69, 9.17) is 11.5 Å². The number of fused-ring (bicyclic) bond motifs is 1. The van der Waals surface area contributed by atoms with Gasteiger partial charge in [0.05, 0.1) is 5.25 Å². The minimum atomic E-state index is -0.385. The Morgan fingerprint density at radius 1 is 1.17 bits per heavy atom. The number of aryl methyl sites for hydroxylation is 2. The number of nitrogens with one attached hydrogen (secondary N) is 1. The van der Waals surface area contributed by atoms with Crippen molar-refractivity contribution in [2.24, 2.45) is 0 Å². The number of anilines is 3. The summed E-state index contributed by atoms with van der Waals surface area (Å²) in [5, 5.41) is 2.88. The van der Waals surface area contributed by atoms with Crippen molar-refractivity contribution >= 4 is 35.3 Å². The number of carbonyl (C=O) groups is 1. The molecule has 1 aliphatic carbocycles. The van der Waals surface area contributed by atoms with Crippen LogP contribution in [0.3, 0.4) is 0 Å². The van der Waals surface area contributed by atoms with Crippen LogP contribution in [-0.2, 0) is 17.6 Å². The Labute approximate surface area is 138 Å². The maximum Gasteiger partial charge on any atom is 0.237 e. The average molecular weight is 330 g/mol. The average Bonchev–Trinajstić information content (AvgIpc) is 2.93. The number of nitrogens with two attached hydrogens (primary N) is 2. The number of aromatic nitrogens is 3. The normalized spacial score (nSPS) is 14.3. The maximum atomic E-state index is 12.3. The highest BCUT2D eigenvalue weighted by Gasteiger charge is 2.18. The molecule has 23 heavy (non-hydrogen) atoms. The van der Waals surface area contributed by atoms with E-state index in [1.54, 1.807) is 6.92 Å². The molecular formula is C15H18N6OS. The van der Waals surface area contributed by atoms with E-state index < -0.39 is 0 Å². The predicted octanol–water partition coefficient (Wildman–Crippen LogP) is 1.64. The van der Waals surface area contributed by atoms with Crippen LogP contribution < -0.4 is 16.8 Å². The summed E-state index contributed by atoms with van der Waals surface area (Å²) in [4.78, 5) is 24.0. The molecule has 0 aliphatic heterocycles. The van der Waals surface area contributed by atoms with Crippen molar-refractivity contribution in [1.82, 2.24) is 15.0 Å². The van der Waals surface area contributed by atoms with E-state index in [1.165, 1.54) is 29.3 Å². The lowest BCUT2D eigenvalue weighted by Crippen LogP contribution is -2.23. The molecule has 0 spiro atoms. The third-order valence-electron chi connectivity index (χ3n) is 3.67. The number of thioether (sulfide) groups is 1. The molecule has 0 saturated heterocycles. The first-order valence-electron chi connectivity index (χ1n) is 7.37. The molecule has 1 heterocycles. The van der Waals surface area contributed by atoms with E-state index in [-0.39, 0.29) is 23.1 Å². The quantitative estimate of drug-likeness (QED) is 0.729. The number of rotatable bonds is 4.